The molecule has 1 rings (SSSR count). The van der Waals surface area contributed by atoms with E-state index in [4.69, 9.17) is 4.55 Å². The van der Waals surface area contributed by atoms with Crippen molar-refractivity contribution in [3.8, 4) is 0 Å². The van der Waals surface area contributed by atoms with Crippen molar-refractivity contribution >= 4 is 21.0 Å². The maximum atomic E-state index is 12.4. The summed E-state index contributed by atoms with van der Waals surface area (Å²) >= 11 is -1.73. The van der Waals surface area contributed by atoms with E-state index in [-0.39, 0.29) is 5.75 Å². The summed E-state index contributed by atoms with van der Waals surface area (Å²) in [5.74, 6) is 0.911. The minimum absolute atomic E-state index is 0.268. The Morgan fingerprint density at radius 3 is 2.47 bits per heavy atom. The van der Waals surface area contributed by atoms with Crippen molar-refractivity contribution in [3.63, 3.8) is 0 Å². The summed E-state index contributed by atoms with van der Waals surface area (Å²) in [5, 5.41) is 0.387. The van der Waals surface area contributed by atoms with Crippen LogP contribution < -0.4 is 0 Å². The minimum atomic E-state index is -2.07. The highest BCUT2D eigenvalue weighted by atomic mass is 32.2. The van der Waals surface area contributed by atoms with Gasteiger partial charge in [0.15, 0.2) is 11.1 Å². The van der Waals surface area contributed by atoms with Gasteiger partial charge >= 0.3 is 0 Å². The van der Waals surface area contributed by atoms with E-state index in [0.717, 1.165) is 12.8 Å². The summed E-state index contributed by atoms with van der Waals surface area (Å²) in [6.07, 6.45) is 8.36. The molecule has 1 fully saturated rings. The zero-order valence-electron chi connectivity index (χ0n) is 9.35. The van der Waals surface area contributed by atoms with Crippen LogP contribution in [0.3, 0.4) is 0 Å². The van der Waals surface area contributed by atoms with Crippen molar-refractivity contribution in [2.45, 2.75) is 43.8 Å². The van der Waals surface area contributed by atoms with Crippen molar-refractivity contribution in [1.29, 1.82) is 0 Å². The summed E-state index contributed by atoms with van der Waals surface area (Å²) in [4.78, 5) is 0. The highest BCUT2D eigenvalue weighted by Crippen LogP contribution is 2.27. The largest absolute Gasteiger partial charge is 0.306 e. The van der Waals surface area contributed by atoms with Gasteiger partial charge in [0, 0.05) is 11.0 Å². The van der Waals surface area contributed by atoms with Crippen LogP contribution in [0.25, 0.3) is 0 Å². The Labute approximate surface area is 95.7 Å². The van der Waals surface area contributed by atoms with E-state index < -0.39 is 21.0 Å². The quantitative estimate of drug-likeness (QED) is 0.578. The number of thiol groups is 1. The molecule has 0 aromatic rings. The first-order valence-electron chi connectivity index (χ1n) is 5.66. The molecule has 1 saturated carbocycles. The first-order chi connectivity index (χ1) is 7.02. The third-order valence-electron chi connectivity index (χ3n) is 3.27. The van der Waals surface area contributed by atoms with Gasteiger partial charge in [-0.1, -0.05) is 19.3 Å². The van der Waals surface area contributed by atoms with Crippen LogP contribution in [0.4, 0.5) is 0 Å². The molecule has 0 aromatic carbocycles. The highest BCUT2D eigenvalue weighted by Gasteiger charge is 2.24. The smallest absolute Gasteiger partial charge is 0.152 e. The van der Waals surface area contributed by atoms with Crippen LogP contribution in [0, 0.1) is 0 Å². The SMILES string of the molecule is C[SH](=O)(CCCS(=O)O)C1CCCCC1. The maximum Gasteiger partial charge on any atom is 0.152 e. The second-order valence-corrected chi connectivity index (χ2v) is 9.15. The second-order valence-electron chi connectivity index (χ2n) is 4.57. The third-order valence-corrected chi connectivity index (χ3v) is 7.17. The lowest BCUT2D eigenvalue weighted by Gasteiger charge is -2.32. The zero-order chi connectivity index (χ0) is 11.3. The molecule has 0 aromatic heterocycles. The molecule has 0 amide bonds. The molecule has 1 unspecified atom stereocenters. The van der Waals surface area contributed by atoms with Crippen LogP contribution >= 0.6 is 0 Å². The van der Waals surface area contributed by atoms with Crippen LogP contribution in [-0.2, 0) is 21.0 Å². The average molecular weight is 254 g/mol. The Morgan fingerprint density at radius 2 is 1.93 bits per heavy atom. The van der Waals surface area contributed by atoms with E-state index in [0.29, 0.717) is 17.4 Å². The monoisotopic (exact) mass is 254 g/mol. The lowest BCUT2D eigenvalue weighted by molar-refractivity contribution is 0.500. The van der Waals surface area contributed by atoms with E-state index in [9.17, 15) is 8.42 Å². The molecular formula is C10H22O3S2. The molecule has 5 heteroatoms. The molecule has 15 heavy (non-hydrogen) atoms. The molecule has 0 spiro atoms. The van der Waals surface area contributed by atoms with E-state index in [1.54, 1.807) is 0 Å². The summed E-state index contributed by atoms with van der Waals surface area (Å²) < 4.78 is 31.5. The van der Waals surface area contributed by atoms with Crippen LogP contribution in [-0.4, -0.2) is 36.0 Å². The normalized spacial score (nSPS) is 22.5. The van der Waals surface area contributed by atoms with Crippen LogP contribution in [0.2, 0.25) is 0 Å². The summed E-state index contributed by atoms with van der Waals surface area (Å²) in [7, 11) is -2.07. The molecule has 0 bridgehead atoms. The number of rotatable bonds is 5. The van der Waals surface area contributed by atoms with Gasteiger partial charge < -0.3 is 4.55 Å². The van der Waals surface area contributed by atoms with Crippen molar-refractivity contribution in [1.82, 2.24) is 0 Å². The maximum absolute atomic E-state index is 12.4. The topological polar surface area (TPSA) is 54.4 Å². The molecule has 1 N–H and O–H groups in total. The van der Waals surface area contributed by atoms with Gasteiger partial charge in [-0.3, -0.25) is 4.21 Å². The van der Waals surface area contributed by atoms with Gasteiger partial charge in [0.25, 0.3) is 0 Å². The van der Waals surface area contributed by atoms with Crippen molar-refractivity contribution < 1.29 is 13.0 Å². The first-order valence-corrected chi connectivity index (χ1v) is 9.34. The Hall–Kier alpha value is 0.260. The molecule has 1 aliphatic rings. The van der Waals surface area contributed by atoms with Crippen LogP contribution in [0.5, 0.6) is 0 Å². The Bertz CT molecular complexity index is 259. The lowest BCUT2D eigenvalue weighted by atomic mass is 10.0. The molecule has 1 atom stereocenters. The molecule has 0 radical (unpaired) electrons. The van der Waals surface area contributed by atoms with Crippen LogP contribution in [0.1, 0.15) is 38.5 Å². The molecule has 3 nitrogen and oxygen atoms in total. The second kappa shape index (κ2) is 6.11. The van der Waals surface area contributed by atoms with Gasteiger partial charge in [-0.15, -0.1) is 9.93 Å². The first kappa shape index (κ1) is 13.3. The fourth-order valence-electron chi connectivity index (χ4n) is 2.31. The molecule has 92 valence electrons. The van der Waals surface area contributed by atoms with Crippen molar-refractivity contribution in [3.05, 3.63) is 0 Å². The standard InChI is InChI=1S/C10H22O3S2/c1-15(13,9-5-8-14(11)12)10-6-3-2-4-7-10/h10,15H,2-9H2,1H3,(H,11,12). The van der Waals surface area contributed by atoms with E-state index in [2.05, 4.69) is 0 Å². The lowest BCUT2D eigenvalue weighted by Crippen LogP contribution is -2.32. The van der Waals surface area contributed by atoms with Crippen molar-refractivity contribution in [2.75, 3.05) is 17.8 Å². The van der Waals surface area contributed by atoms with Gasteiger partial charge in [-0.2, -0.15) is 0 Å². The van der Waals surface area contributed by atoms with E-state index >= 15 is 0 Å². The molecule has 0 saturated heterocycles. The Morgan fingerprint density at radius 1 is 1.33 bits per heavy atom. The summed E-state index contributed by atoms with van der Waals surface area (Å²) in [6, 6.07) is 0. The van der Waals surface area contributed by atoms with Gasteiger partial charge in [-0.05, 0) is 25.5 Å². The Kier molecular flexibility index (Phi) is 5.43. The van der Waals surface area contributed by atoms with Crippen molar-refractivity contribution in [2.24, 2.45) is 0 Å². The average Bonchev–Trinajstić information content (AvgIpc) is 2.18. The molecular weight excluding hydrogens is 232 g/mol. The molecule has 0 heterocycles. The molecule has 0 aliphatic heterocycles. The minimum Gasteiger partial charge on any atom is -0.306 e. The third kappa shape index (κ3) is 4.74. The Balaban J connectivity index is 2.36. The van der Waals surface area contributed by atoms with Gasteiger partial charge in [0.2, 0.25) is 0 Å². The van der Waals surface area contributed by atoms with Gasteiger partial charge in [0.1, 0.15) is 0 Å². The number of hydrogen-bond donors (Lipinski definition) is 2. The number of hydrogen-bond acceptors (Lipinski definition) is 2. The fourth-order valence-corrected chi connectivity index (χ4v) is 5.53. The fraction of sp³-hybridized carbons (Fsp3) is 1.00. The van der Waals surface area contributed by atoms with E-state index in [1.165, 1.54) is 19.3 Å². The van der Waals surface area contributed by atoms with Gasteiger partial charge in [-0.25, -0.2) is 4.21 Å². The van der Waals surface area contributed by atoms with E-state index in [1.807, 2.05) is 6.26 Å². The summed E-state index contributed by atoms with van der Waals surface area (Å²) in [6.45, 7) is 0. The summed E-state index contributed by atoms with van der Waals surface area (Å²) in [5.41, 5.74) is 0. The highest BCUT2D eigenvalue weighted by molar-refractivity contribution is 8.02. The molecule has 1 aliphatic carbocycles. The van der Waals surface area contributed by atoms with Crippen LogP contribution in [0.15, 0.2) is 0 Å². The zero-order valence-corrected chi connectivity index (χ0v) is 11.1. The van der Waals surface area contributed by atoms with Gasteiger partial charge in [0.05, 0.1) is 5.75 Å². The predicted octanol–water partition coefficient (Wildman–Crippen LogP) is 1.58. The predicted molar refractivity (Wildman–Crippen MR) is 67.5 cm³/mol.